The van der Waals surface area contributed by atoms with Gasteiger partial charge in [-0.25, -0.2) is 4.98 Å². The second-order valence-corrected chi connectivity index (χ2v) is 7.04. The molecule has 5 heteroatoms. The van der Waals surface area contributed by atoms with E-state index in [1.807, 2.05) is 11.3 Å². The molecule has 0 aromatic carbocycles. The summed E-state index contributed by atoms with van der Waals surface area (Å²) in [5.74, 6) is 0. The standard InChI is InChI=1S/C14H15N3S2/c1-2-10-6-12(19-13(10)3-1)8-15-7-11-9-17-4-5-18-14(17)16-11/h4-6,9,15H,1-3,7-8H2. The van der Waals surface area contributed by atoms with Crippen LogP contribution in [0.2, 0.25) is 0 Å². The minimum atomic E-state index is 0.844. The molecule has 0 atom stereocenters. The van der Waals surface area contributed by atoms with Gasteiger partial charge in [0.25, 0.3) is 0 Å². The van der Waals surface area contributed by atoms with E-state index in [2.05, 4.69) is 38.5 Å². The van der Waals surface area contributed by atoms with Crippen molar-refractivity contribution in [3.05, 3.63) is 44.9 Å². The highest BCUT2D eigenvalue weighted by Gasteiger charge is 2.14. The van der Waals surface area contributed by atoms with Crippen LogP contribution in [0, 0.1) is 0 Å². The number of thiophene rings is 1. The van der Waals surface area contributed by atoms with Crippen LogP contribution in [0.3, 0.4) is 0 Å². The van der Waals surface area contributed by atoms with Crippen molar-refractivity contribution in [2.24, 2.45) is 0 Å². The molecule has 0 unspecified atom stereocenters. The van der Waals surface area contributed by atoms with Crippen molar-refractivity contribution in [1.29, 1.82) is 0 Å². The Labute approximate surface area is 119 Å². The van der Waals surface area contributed by atoms with Gasteiger partial charge in [0.2, 0.25) is 0 Å². The highest BCUT2D eigenvalue weighted by atomic mass is 32.1. The lowest BCUT2D eigenvalue weighted by Crippen LogP contribution is -2.11. The third-order valence-corrected chi connectivity index (χ3v) is 5.55. The van der Waals surface area contributed by atoms with E-state index in [4.69, 9.17) is 0 Å². The Morgan fingerprint density at radius 2 is 2.32 bits per heavy atom. The molecule has 0 radical (unpaired) electrons. The number of imidazole rings is 1. The van der Waals surface area contributed by atoms with Crippen LogP contribution in [-0.4, -0.2) is 9.38 Å². The van der Waals surface area contributed by atoms with Crippen LogP contribution in [0.1, 0.15) is 27.4 Å². The van der Waals surface area contributed by atoms with E-state index in [9.17, 15) is 0 Å². The van der Waals surface area contributed by atoms with Crippen LogP contribution < -0.4 is 5.32 Å². The first-order valence-electron chi connectivity index (χ1n) is 6.61. The van der Waals surface area contributed by atoms with E-state index in [1.165, 1.54) is 24.1 Å². The smallest absolute Gasteiger partial charge is 0.193 e. The topological polar surface area (TPSA) is 29.3 Å². The van der Waals surface area contributed by atoms with Gasteiger partial charge in [-0.3, -0.25) is 4.40 Å². The van der Waals surface area contributed by atoms with Crippen molar-refractivity contribution >= 4 is 27.6 Å². The molecule has 1 aliphatic rings. The van der Waals surface area contributed by atoms with Crippen molar-refractivity contribution in [3.8, 4) is 0 Å². The van der Waals surface area contributed by atoms with E-state index in [0.29, 0.717) is 0 Å². The summed E-state index contributed by atoms with van der Waals surface area (Å²) in [5.41, 5.74) is 2.71. The lowest BCUT2D eigenvalue weighted by Gasteiger charge is -1.99. The Bertz CT molecular complexity index is 657. The predicted molar refractivity (Wildman–Crippen MR) is 80.0 cm³/mol. The lowest BCUT2D eigenvalue weighted by atomic mass is 10.2. The highest BCUT2D eigenvalue weighted by Crippen LogP contribution is 2.30. The van der Waals surface area contributed by atoms with Gasteiger partial charge < -0.3 is 5.32 Å². The summed E-state index contributed by atoms with van der Waals surface area (Å²) in [6.07, 6.45) is 8.08. The summed E-state index contributed by atoms with van der Waals surface area (Å²) in [4.78, 5) is 8.73. The van der Waals surface area contributed by atoms with Gasteiger partial charge in [0, 0.05) is 40.6 Å². The van der Waals surface area contributed by atoms with Crippen LogP contribution in [-0.2, 0) is 25.9 Å². The maximum Gasteiger partial charge on any atom is 0.193 e. The molecule has 1 N–H and O–H groups in total. The molecule has 19 heavy (non-hydrogen) atoms. The Morgan fingerprint density at radius 1 is 1.32 bits per heavy atom. The molecule has 0 saturated carbocycles. The first kappa shape index (κ1) is 11.6. The fourth-order valence-electron chi connectivity index (χ4n) is 2.65. The molecule has 1 aliphatic carbocycles. The normalized spacial score (nSPS) is 14.3. The molecule has 0 aliphatic heterocycles. The molecule has 0 bridgehead atoms. The van der Waals surface area contributed by atoms with E-state index in [0.717, 1.165) is 23.7 Å². The molecule has 4 rings (SSSR count). The number of rotatable bonds is 4. The van der Waals surface area contributed by atoms with E-state index in [-0.39, 0.29) is 0 Å². The Balaban J connectivity index is 1.38. The first-order valence-corrected chi connectivity index (χ1v) is 8.30. The molecular weight excluding hydrogens is 274 g/mol. The van der Waals surface area contributed by atoms with Gasteiger partial charge in [-0.05, 0) is 30.9 Å². The Morgan fingerprint density at radius 3 is 3.21 bits per heavy atom. The minimum absolute atomic E-state index is 0.844. The molecule has 3 aromatic heterocycles. The van der Waals surface area contributed by atoms with E-state index >= 15 is 0 Å². The second kappa shape index (κ2) is 4.74. The monoisotopic (exact) mass is 289 g/mol. The largest absolute Gasteiger partial charge is 0.306 e. The Hall–Kier alpha value is -1.17. The number of thiazole rings is 1. The van der Waals surface area contributed by atoms with Gasteiger partial charge in [0.05, 0.1) is 5.69 Å². The molecule has 3 nitrogen and oxygen atoms in total. The van der Waals surface area contributed by atoms with Crippen molar-refractivity contribution in [2.75, 3.05) is 0 Å². The van der Waals surface area contributed by atoms with Crippen LogP contribution in [0.5, 0.6) is 0 Å². The summed E-state index contributed by atoms with van der Waals surface area (Å²) in [5, 5.41) is 5.56. The average molecular weight is 289 g/mol. The van der Waals surface area contributed by atoms with Crippen molar-refractivity contribution in [2.45, 2.75) is 32.4 Å². The van der Waals surface area contributed by atoms with Crippen LogP contribution in [0.25, 0.3) is 4.96 Å². The zero-order valence-corrected chi connectivity index (χ0v) is 12.2. The van der Waals surface area contributed by atoms with Gasteiger partial charge >= 0.3 is 0 Å². The fourth-order valence-corrected chi connectivity index (χ4v) is 4.60. The van der Waals surface area contributed by atoms with Crippen molar-refractivity contribution in [1.82, 2.24) is 14.7 Å². The third-order valence-electron chi connectivity index (χ3n) is 3.55. The zero-order valence-electron chi connectivity index (χ0n) is 10.6. The summed E-state index contributed by atoms with van der Waals surface area (Å²) < 4.78 is 2.08. The molecule has 3 heterocycles. The molecular formula is C14H15N3S2. The molecule has 0 spiro atoms. The minimum Gasteiger partial charge on any atom is -0.306 e. The maximum absolute atomic E-state index is 4.58. The average Bonchev–Trinajstić information content (AvgIpc) is 3.04. The van der Waals surface area contributed by atoms with Gasteiger partial charge in [0.15, 0.2) is 4.96 Å². The molecule has 3 aromatic rings. The van der Waals surface area contributed by atoms with Crippen LogP contribution in [0.15, 0.2) is 23.8 Å². The molecule has 0 fully saturated rings. The summed E-state index contributed by atoms with van der Waals surface area (Å²) in [7, 11) is 0. The SMILES string of the molecule is c1cn2cc(CNCc3cc4c(s3)CCC4)nc2s1. The van der Waals surface area contributed by atoms with E-state index in [1.54, 1.807) is 21.8 Å². The quantitative estimate of drug-likeness (QED) is 0.799. The number of nitrogens with zero attached hydrogens (tertiary/aromatic N) is 2. The number of hydrogen-bond acceptors (Lipinski definition) is 4. The van der Waals surface area contributed by atoms with Crippen molar-refractivity contribution < 1.29 is 0 Å². The molecule has 0 saturated heterocycles. The van der Waals surface area contributed by atoms with Crippen LogP contribution in [0.4, 0.5) is 0 Å². The third kappa shape index (κ3) is 2.22. The number of aryl methyl sites for hydroxylation is 2. The maximum atomic E-state index is 4.58. The van der Waals surface area contributed by atoms with Crippen molar-refractivity contribution in [3.63, 3.8) is 0 Å². The summed E-state index contributed by atoms with van der Waals surface area (Å²) in [6, 6.07) is 2.38. The zero-order chi connectivity index (χ0) is 12.7. The van der Waals surface area contributed by atoms with Crippen LogP contribution >= 0.6 is 22.7 Å². The number of fused-ring (bicyclic) bond motifs is 2. The highest BCUT2D eigenvalue weighted by molar-refractivity contribution is 7.15. The number of nitrogens with one attached hydrogen (secondary N) is 1. The molecule has 98 valence electrons. The van der Waals surface area contributed by atoms with E-state index < -0.39 is 0 Å². The second-order valence-electron chi connectivity index (χ2n) is 4.94. The predicted octanol–water partition coefficient (Wildman–Crippen LogP) is 3.24. The van der Waals surface area contributed by atoms with Gasteiger partial charge in [-0.15, -0.1) is 22.7 Å². The lowest BCUT2D eigenvalue weighted by molar-refractivity contribution is 0.689. The fraction of sp³-hybridized carbons (Fsp3) is 0.357. The van der Waals surface area contributed by atoms with Gasteiger partial charge in [-0.2, -0.15) is 0 Å². The number of hydrogen-bond donors (Lipinski definition) is 1. The Kier molecular flexibility index (Phi) is 2.90. The first-order chi connectivity index (χ1) is 9.38. The number of aromatic nitrogens is 2. The van der Waals surface area contributed by atoms with Gasteiger partial charge in [0.1, 0.15) is 0 Å². The summed E-state index contributed by atoms with van der Waals surface area (Å²) >= 11 is 3.66. The molecule has 0 amide bonds. The van der Waals surface area contributed by atoms with Gasteiger partial charge in [-0.1, -0.05) is 0 Å². The summed E-state index contributed by atoms with van der Waals surface area (Å²) in [6.45, 7) is 1.81.